The van der Waals surface area contributed by atoms with Gasteiger partial charge < -0.3 is 10.1 Å². The highest BCUT2D eigenvalue weighted by Crippen LogP contribution is 2.36. The molecule has 2 aromatic rings. The van der Waals surface area contributed by atoms with Crippen molar-refractivity contribution in [3.05, 3.63) is 54.2 Å². The maximum Gasteiger partial charge on any atom is 0.237 e. The molecule has 1 aromatic carbocycles. The molecule has 3 heteroatoms. The van der Waals surface area contributed by atoms with Gasteiger partial charge in [-0.15, -0.1) is 0 Å². The first-order chi connectivity index (χ1) is 10.4. The monoisotopic (exact) mass is 282 g/mol. The Balaban J connectivity index is 1.82. The third-order valence-corrected chi connectivity index (χ3v) is 4.30. The smallest absolute Gasteiger partial charge is 0.237 e. The molecule has 1 aromatic heterocycles. The molecule has 1 aliphatic rings. The van der Waals surface area contributed by atoms with E-state index < -0.39 is 0 Å². The van der Waals surface area contributed by atoms with E-state index in [9.17, 15) is 0 Å². The van der Waals surface area contributed by atoms with Crippen LogP contribution in [0.15, 0.2) is 48.7 Å². The fourth-order valence-corrected chi connectivity index (χ4v) is 3.27. The van der Waals surface area contributed by atoms with E-state index in [0.29, 0.717) is 17.8 Å². The number of benzene rings is 1. The number of nitrogens with zero attached hydrogens (tertiary/aromatic N) is 1. The second kappa shape index (κ2) is 6.61. The van der Waals surface area contributed by atoms with Gasteiger partial charge in [0.2, 0.25) is 5.88 Å². The van der Waals surface area contributed by atoms with Crippen LogP contribution < -0.4 is 10.1 Å². The zero-order chi connectivity index (χ0) is 14.5. The molecular formula is C18H22N2O. The molecule has 1 aliphatic carbocycles. The standard InChI is InChI=1S/C18H22N2O/c1-21-18-17(12-7-13-19-18)20-16-11-6-5-10-15(16)14-8-3-2-4-9-14/h2-4,7-9,12-13,15-16,20H,5-6,10-11H2,1H3. The van der Waals surface area contributed by atoms with Crippen LogP contribution in [0.25, 0.3) is 0 Å². The molecular weight excluding hydrogens is 260 g/mol. The molecule has 3 rings (SSSR count). The van der Waals surface area contributed by atoms with Crippen LogP contribution in [0.2, 0.25) is 0 Å². The number of anilines is 1. The lowest BCUT2D eigenvalue weighted by Crippen LogP contribution is -2.30. The molecule has 1 saturated carbocycles. The molecule has 2 atom stereocenters. The van der Waals surface area contributed by atoms with Crippen molar-refractivity contribution in [3.63, 3.8) is 0 Å². The summed E-state index contributed by atoms with van der Waals surface area (Å²) in [6, 6.07) is 15.3. The number of pyridine rings is 1. The van der Waals surface area contributed by atoms with Crippen LogP contribution in [-0.4, -0.2) is 18.1 Å². The summed E-state index contributed by atoms with van der Waals surface area (Å²) in [7, 11) is 1.67. The number of aromatic nitrogens is 1. The van der Waals surface area contributed by atoms with Crippen molar-refractivity contribution >= 4 is 5.69 Å². The van der Waals surface area contributed by atoms with Crippen molar-refractivity contribution < 1.29 is 4.74 Å². The van der Waals surface area contributed by atoms with Gasteiger partial charge in [0.25, 0.3) is 0 Å². The molecule has 21 heavy (non-hydrogen) atoms. The molecule has 0 aliphatic heterocycles. The van der Waals surface area contributed by atoms with Gasteiger partial charge >= 0.3 is 0 Å². The molecule has 110 valence electrons. The highest BCUT2D eigenvalue weighted by Gasteiger charge is 2.27. The number of ether oxygens (including phenoxy) is 1. The molecule has 1 heterocycles. The maximum absolute atomic E-state index is 5.35. The van der Waals surface area contributed by atoms with E-state index in [1.807, 2.05) is 12.1 Å². The predicted octanol–water partition coefficient (Wildman–Crippen LogP) is 4.23. The fourth-order valence-electron chi connectivity index (χ4n) is 3.27. The van der Waals surface area contributed by atoms with Crippen molar-refractivity contribution in [2.24, 2.45) is 0 Å². The lowest BCUT2D eigenvalue weighted by atomic mass is 9.80. The van der Waals surface area contributed by atoms with Gasteiger partial charge in [-0.2, -0.15) is 0 Å². The maximum atomic E-state index is 5.35. The Morgan fingerprint density at radius 1 is 1.05 bits per heavy atom. The number of rotatable bonds is 4. The Morgan fingerprint density at radius 3 is 2.67 bits per heavy atom. The van der Waals surface area contributed by atoms with E-state index >= 15 is 0 Å². The van der Waals surface area contributed by atoms with Crippen LogP contribution >= 0.6 is 0 Å². The van der Waals surface area contributed by atoms with Crippen molar-refractivity contribution in [1.82, 2.24) is 4.98 Å². The van der Waals surface area contributed by atoms with Crippen molar-refractivity contribution in [2.75, 3.05) is 12.4 Å². The Morgan fingerprint density at radius 2 is 1.86 bits per heavy atom. The summed E-state index contributed by atoms with van der Waals surface area (Å²) >= 11 is 0. The van der Waals surface area contributed by atoms with E-state index in [2.05, 4.69) is 40.6 Å². The lowest BCUT2D eigenvalue weighted by Gasteiger charge is -2.33. The molecule has 0 bridgehead atoms. The van der Waals surface area contributed by atoms with Gasteiger partial charge in [-0.25, -0.2) is 4.98 Å². The van der Waals surface area contributed by atoms with Gasteiger partial charge in [0.1, 0.15) is 0 Å². The van der Waals surface area contributed by atoms with Crippen molar-refractivity contribution in [3.8, 4) is 5.88 Å². The van der Waals surface area contributed by atoms with Crippen LogP contribution in [0.5, 0.6) is 5.88 Å². The summed E-state index contributed by atoms with van der Waals surface area (Å²) in [4.78, 5) is 4.28. The Labute approximate surface area is 126 Å². The SMILES string of the molecule is COc1ncccc1NC1CCCCC1c1ccccc1. The number of methoxy groups -OCH3 is 1. The Kier molecular flexibility index (Phi) is 4.39. The molecule has 1 fully saturated rings. The fraction of sp³-hybridized carbons (Fsp3) is 0.389. The summed E-state index contributed by atoms with van der Waals surface area (Å²) in [5.74, 6) is 1.24. The average Bonchev–Trinajstić information content (AvgIpc) is 2.57. The summed E-state index contributed by atoms with van der Waals surface area (Å²) in [6.07, 6.45) is 6.78. The molecule has 1 N–H and O–H groups in total. The van der Waals surface area contributed by atoms with E-state index in [0.717, 1.165) is 5.69 Å². The van der Waals surface area contributed by atoms with Crippen LogP contribution in [0.4, 0.5) is 5.69 Å². The van der Waals surface area contributed by atoms with Gasteiger partial charge in [0, 0.05) is 18.2 Å². The summed E-state index contributed by atoms with van der Waals surface area (Å²) in [5.41, 5.74) is 2.42. The largest absolute Gasteiger partial charge is 0.480 e. The molecule has 2 unspecified atom stereocenters. The van der Waals surface area contributed by atoms with Gasteiger partial charge in [-0.1, -0.05) is 43.2 Å². The number of hydrogen-bond acceptors (Lipinski definition) is 3. The minimum Gasteiger partial charge on any atom is -0.480 e. The van der Waals surface area contributed by atoms with Crippen LogP contribution in [0.3, 0.4) is 0 Å². The van der Waals surface area contributed by atoms with E-state index in [1.165, 1.54) is 31.2 Å². The minimum absolute atomic E-state index is 0.444. The summed E-state index contributed by atoms with van der Waals surface area (Å²) < 4.78 is 5.35. The van der Waals surface area contributed by atoms with Crippen molar-refractivity contribution in [1.29, 1.82) is 0 Å². The lowest BCUT2D eigenvalue weighted by molar-refractivity contribution is 0.388. The van der Waals surface area contributed by atoms with Gasteiger partial charge in [-0.05, 0) is 30.5 Å². The van der Waals surface area contributed by atoms with Crippen LogP contribution in [-0.2, 0) is 0 Å². The predicted molar refractivity (Wildman–Crippen MR) is 85.9 cm³/mol. The van der Waals surface area contributed by atoms with E-state index in [4.69, 9.17) is 4.74 Å². The summed E-state index contributed by atoms with van der Waals surface area (Å²) in [6.45, 7) is 0. The molecule has 0 amide bonds. The normalized spacial score (nSPS) is 21.8. The molecule has 3 nitrogen and oxygen atoms in total. The third kappa shape index (κ3) is 3.18. The molecule has 0 spiro atoms. The molecule has 0 saturated heterocycles. The van der Waals surface area contributed by atoms with Gasteiger partial charge in [-0.3, -0.25) is 0 Å². The third-order valence-electron chi connectivity index (χ3n) is 4.30. The van der Waals surface area contributed by atoms with E-state index in [1.54, 1.807) is 13.3 Å². The van der Waals surface area contributed by atoms with Crippen molar-refractivity contribution in [2.45, 2.75) is 37.6 Å². The summed E-state index contributed by atoms with van der Waals surface area (Å²) in [5, 5.41) is 3.66. The topological polar surface area (TPSA) is 34.1 Å². The first-order valence-electron chi connectivity index (χ1n) is 7.69. The van der Waals surface area contributed by atoms with Gasteiger partial charge in [0.15, 0.2) is 0 Å². The quantitative estimate of drug-likeness (QED) is 0.911. The van der Waals surface area contributed by atoms with Gasteiger partial charge in [0.05, 0.1) is 12.8 Å². The number of hydrogen-bond donors (Lipinski definition) is 1. The first-order valence-corrected chi connectivity index (χ1v) is 7.69. The van der Waals surface area contributed by atoms with Crippen LogP contribution in [0.1, 0.15) is 37.2 Å². The second-order valence-electron chi connectivity index (χ2n) is 5.61. The minimum atomic E-state index is 0.444. The highest BCUT2D eigenvalue weighted by atomic mass is 16.5. The first kappa shape index (κ1) is 13.9. The zero-order valence-corrected chi connectivity index (χ0v) is 12.5. The second-order valence-corrected chi connectivity index (χ2v) is 5.61. The zero-order valence-electron chi connectivity index (χ0n) is 12.5. The average molecular weight is 282 g/mol. The molecule has 0 radical (unpaired) electrons. The Bertz CT molecular complexity index is 570. The van der Waals surface area contributed by atoms with Crippen LogP contribution in [0, 0.1) is 0 Å². The van der Waals surface area contributed by atoms with E-state index in [-0.39, 0.29) is 0 Å². The highest BCUT2D eigenvalue weighted by molar-refractivity contribution is 5.53. The number of nitrogens with one attached hydrogen (secondary N) is 1. The Hall–Kier alpha value is -2.03.